The largest absolute Gasteiger partial charge is 0.463 e. The number of hydrogen-bond donors (Lipinski definition) is 1. The van der Waals surface area contributed by atoms with Gasteiger partial charge < -0.3 is 33.7 Å². The van der Waals surface area contributed by atoms with Crippen LogP contribution in [0.15, 0.2) is 0 Å². The first kappa shape index (κ1) is 30.7. The Kier molecular flexibility index (Phi) is 18.5. The Hall–Kier alpha value is -1.26. The standard InChI is InChI=1S/C23H45NO8/c1-19(7-8-20(2)31-21(25)9-11-24-6)30-18-17-29-16-15-28-14-13-27-12-10-22(26)32-23(3,4)5/h19-20,24H,7-18H2,1-6H3. The van der Waals surface area contributed by atoms with Crippen LogP contribution in [0, 0.1) is 0 Å². The van der Waals surface area contributed by atoms with Gasteiger partial charge in [0.15, 0.2) is 0 Å². The second-order valence-electron chi connectivity index (χ2n) is 8.59. The molecule has 0 bridgehead atoms. The topological polar surface area (TPSA) is 102 Å². The van der Waals surface area contributed by atoms with Crippen LogP contribution in [0.4, 0.5) is 0 Å². The monoisotopic (exact) mass is 463 g/mol. The third kappa shape index (κ3) is 22.0. The van der Waals surface area contributed by atoms with Crippen LogP contribution in [0.2, 0.25) is 0 Å². The maximum atomic E-state index is 11.6. The molecule has 0 saturated carbocycles. The summed E-state index contributed by atoms with van der Waals surface area (Å²) in [6.07, 6.45) is 2.17. The first-order valence-electron chi connectivity index (χ1n) is 11.5. The quantitative estimate of drug-likeness (QED) is 0.215. The molecule has 0 aromatic rings. The van der Waals surface area contributed by atoms with Crippen molar-refractivity contribution in [2.24, 2.45) is 0 Å². The molecule has 9 nitrogen and oxygen atoms in total. The number of carbonyl (C=O) groups excluding carboxylic acids is 2. The predicted octanol–water partition coefficient (Wildman–Crippen LogP) is 2.49. The molecular weight excluding hydrogens is 418 g/mol. The Morgan fingerprint density at radius 1 is 0.750 bits per heavy atom. The number of hydrogen-bond acceptors (Lipinski definition) is 9. The lowest BCUT2D eigenvalue weighted by Gasteiger charge is -2.19. The summed E-state index contributed by atoms with van der Waals surface area (Å²) < 4.78 is 32.5. The third-order valence-corrected chi connectivity index (χ3v) is 4.14. The average Bonchev–Trinajstić information content (AvgIpc) is 2.70. The fourth-order valence-electron chi connectivity index (χ4n) is 2.52. The Balaban J connectivity index is 3.42. The summed E-state index contributed by atoms with van der Waals surface area (Å²) in [4.78, 5) is 23.1. The Morgan fingerprint density at radius 3 is 1.84 bits per heavy atom. The molecule has 2 atom stereocenters. The minimum Gasteiger partial charge on any atom is -0.463 e. The van der Waals surface area contributed by atoms with Crippen molar-refractivity contribution >= 4 is 11.9 Å². The number of rotatable bonds is 20. The SMILES string of the molecule is CNCCC(=O)OC(C)CCC(C)OCCOCCOCCOCCC(=O)OC(C)(C)C. The molecule has 0 aliphatic carbocycles. The average molecular weight is 464 g/mol. The second-order valence-corrected chi connectivity index (χ2v) is 8.59. The lowest BCUT2D eigenvalue weighted by Crippen LogP contribution is -2.24. The Morgan fingerprint density at radius 2 is 1.28 bits per heavy atom. The van der Waals surface area contributed by atoms with E-state index in [2.05, 4.69) is 5.32 Å². The molecule has 190 valence electrons. The molecule has 0 aliphatic rings. The molecule has 1 N–H and O–H groups in total. The summed E-state index contributed by atoms with van der Waals surface area (Å²) in [5.41, 5.74) is -0.468. The summed E-state index contributed by atoms with van der Waals surface area (Å²) in [5, 5.41) is 2.93. The van der Waals surface area contributed by atoms with Crippen molar-refractivity contribution in [3.05, 3.63) is 0 Å². The molecule has 0 aromatic carbocycles. The summed E-state index contributed by atoms with van der Waals surface area (Å²) >= 11 is 0. The van der Waals surface area contributed by atoms with Crippen LogP contribution in [-0.2, 0) is 38.0 Å². The van der Waals surface area contributed by atoms with E-state index in [-0.39, 0.29) is 30.6 Å². The summed E-state index contributed by atoms with van der Waals surface area (Å²) in [6, 6.07) is 0. The highest BCUT2D eigenvalue weighted by Crippen LogP contribution is 2.09. The van der Waals surface area contributed by atoms with Crippen molar-refractivity contribution in [3.8, 4) is 0 Å². The first-order chi connectivity index (χ1) is 15.1. The van der Waals surface area contributed by atoms with Crippen molar-refractivity contribution < 1.29 is 38.0 Å². The van der Waals surface area contributed by atoms with Crippen LogP contribution in [0.5, 0.6) is 0 Å². The molecule has 32 heavy (non-hydrogen) atoms. The van der Waals surface area contributed by atoms with Crippen LogP contribution in [0.1, 0.15) is 60.3 Å². The zero-order chi connectivity index (χ0) is 24.2. The molecular formula is C23H45NO8. The first-order valence-corrected chi connectivity index (χ1v) is 11.5. The van der Waals surface area contributed by atoms with Gasteiger partial charge in [-0.25, -0.2) is 0 Å². The van der Waals surface area contributed by atoms with Crippen LogP contribution in [0.25, 0.3) is 0 Å². The van der Waals surface area contributed by atoms with Gasteiger partial charge in [-0.2, -0.15) is 0 Å². The van der Waals surface area contributed by atoms with E-state index in [9.17, 15) is 9.59 Å². The minimum atomic E-state index is -0.468. The molecule has 0 aromatic heterocycles. The van der Waals surface area contributed by atoms with Gasteiger partial charge in [-0.1, -0.05) is 0 Å². The van der Waals surface area contributed by atoms with Gasteiger partial charge in [-0.15, -0.1) is 0 Å². The van der Waals surface area contributed by atoms with Crippen LogP contribution in [0.3, 0.4) is 0 Å². The highest BCUT2D eigenvalue weighted by molar-refractivity contribution is 5.70. The van der Waals surface area contributed by atoms with Gasteiger partial charge in [0.2, 0.25) is 0 Å². The predicted molar refractivity (Wildman–Crippen MR) is 122 cm³/mol. The Bertz CT molecular complexity index is 481. The van der Waals surface area contributed by atoms with Crippen LogP contribution in [-0.4, -0.2) is 89.6 Å². The molecule has 0 radical (unpaired) electrons. The van der Waals surface area contributed by atoms with E-state index in [1.807, 2.05) is 34.6 Å². The van der Waals surface area contributed by atoms with Gasteiger partial charge in [0.05, 0.1) is 71.3 Å². The molecule has 0 saturated heterocycles. The fourth-order valence-corrected chi connectivity index (χ4v) is 2.52. The lowest BCUT2D eigenvalue weighted by atomic mass is 10.1. The van der Waals surface area contributed by atoms with E-state index in [1.165, 1.54) is 0 Å². The normalized spacial score (nSPS) is 13.6. The molecule has 0 heterocycles. The maximum absolute atomic E-state index is 11.6. The van der Waals surface area contributed by atoms with Gasteiger partial charge in [0, 0.05) is 6.54 Å². The van der Waals surface area contributed by atoms with Crippen molar-refractivity contribution in [1.29, 1.82) is 0 Å². The molecule has 0 amide bonds. The molecule has 9 heteroatoms. The fraction of sp³-hybridized carbons (Fsp3) is 0.913. The van der Waals surface area contributed by atoms with E-state index >= 15 is 0 Å². The van der Waals surface area contributed by atoms with E-state index in [4.69, 9.17) is 28.4 Å². The van der Waals surface area contributed by atoms with Gasteiger partial charge in [0.25, 0.3) is 0 Å². The zero-order valence-corrected chi connectivity index (χ0v) is 20.9. The smallest absolute Gasteiger partial charge is 0.308 e. The lowest BCUT2D eigenvalue weighted by molar-refractivity contribution is -0.156. The summed E-state index contributed by atoms with van der Waals surface area (Å²) in [6.45, 7) is 13.2. The van der Waals surface area contributed by atoms with Gasteiger partial charge in [0.1, 0.15) is 5.60 Å². The van der Waals surface area contributed by atoms with Crippen molar-refractivity contribution in [1.82, 2.24) is 5.32 Å². The highest BCUT2D eigenvalue weighted by atomic mass is 16.6. The zero-order valence-electron chi connectivity index (χ0n) is 20.9. The Labute approximate surface area is 193 Å². The van der Waals surface area contributed by atoms with E-state index in [1.54, 1.807) is 7.05 Å². The van der Waals surface area contributed by atoms with Crippen LogP contribution < -0.4 is 5.32 Å². The maximum Gasteiger partial charge on any atom is 0.308 e. The molecule has 0 rings (SSSR count). The van der Waals surface area contributed by atoms with E-state index < -0.39 is 5.60 Å². The van der Waals surface area contributed by atoms with Gasteiger partial charge >= 0.3 is 11.9 Å². The molecule has 0 spiro atoms. The van der Waals surface area contributed by atoms with Crippen molar-refractivity contribution in [2.75, 3.05) is 59.8 Å². The molecule has 0 fully saturated rings. The van der Waals surface area contributed by atoms with Gasteiger partial charge in [-0.3, -0.25) is 9.59 Å². The number of ether oxygens (including phenoxy) is 6. The summed E-state index contributed by atoms with van der Waals surface area (Å²) in [7, 11) is 1.81. The summed E-state index contributed by atoms with van der Waals surface area (Å²) in [5.74, 6) is -0.440. The van der Waals surface area contributed by atoms with E-state index in [0.717, 1.165) is 12.8 Å². The van der Waals surface area contributed by atoms with Gasteiger partial charge in [-0.05, 0) is 54.5 Å². The minimum absolute atomic E-state index is 0.0751. The van der Waals surface area contributed by atoms with E-state index in [0.29, 0.717) is 59.2 Å². The number of carbonyl (C=O) groups is 2. The molecule has 0 aliphatic heterocycles. The van der Waals surface area contributed by atoms with Crippen molar-refractivity contribution in [3.63, 3.8) is 0 Å². The van der Waals surface area contributed by atoms with Crippen LogP contribution >= 0.6 is 0 Å². The second kappa shape index (κ2) is 19.2. The molecule has 2 unspecified atom stereocenters. The highest BCUT2D eigenvalue weighted by Gasteiger charge is 2.15. The van der Waals surface area contributed by atoms with Crippen molar-refractivity contribution in [2.45, 2.75) is 78.1 Å². The third-order valence-electron chi connectivity index (χ3n) is 4.14. The number of nitrogens with one attached hydrogen (secondary N) is 1. The number of esters is 2.